The van der Waals surface area contributed by atoms with Gasteiger partial charge in [0.1, 0.15) is 5.69 Å². The van der Waals surface area contributed by atoms with Crippen LogP contribution in [-0.2, 0) is 13.2 Å². The number of carbonyl (C=O) groups excluding carboxylic acids is 1. The molecule has 2 aromatic heterocycles. The number of nitrogens with one attached hydrogen (secondary N) is 1. The number of rotatable bonds is 5. The van der Waals surface area contributed by atoms with Crippen molar-refractivity contribution in [3.05, 3.63) is 70.4 Å². The summed E-state index contributed by atoms with van der Waals surface area (Å²) in [6, 6.07) is 6.18. The number of aryl methyl sites for hydroxylation is 1. The van der Waals surface area contributed by atoms with E-state index in [4.69, 9.17) is 11.6 Å². The van der Waals surface area contributed by atoms with E-state index in [1.807, 2.05) is 18.9 Å². The van der Waals surface area contributed by atoms with Crippen LogP contribution in [-0.4, -0.2) is 68.8 Å². The summed E-state index contributed by atoms with van der Waals surface area (Å²) in [5.41, 5.74) is 0.785. The quantitative estimate of drug-likeness (QED) is 0.344. The van der Waals surface area contributed by atoms with Crippen LogP contribution in [0.3, 0.4) is 0 Å². The highest BCUT2D eigenvalue weighted by molar-refractivity contribution is 6.32. The van der Waals surface area contributed by atoms with Crippen LogP contribution in [0.2, 0.25) is 5.02 Å². The lowest BCUT2D eigenvalue weighted by Crippen LogP contribution is -2.45. The summed E-state index contributed by atoms with van der Waals surface area (Å²) in [5, 5.41) is 15.2. The van der Waals surface area contributed by atoms with E-state index < -0.39 is 23.5 Å². The summed E-state index contributed by atoms with van der Waals surface area (Å²) in [6.07, 6.45) is -1.66. The SMILES string of the molecule is Cc1c(-c2cn(-c3cc(C(=O)Nc4cc(N5CCN(C)CC5)c(F)c(C(F)(F)F)c4)ccc3Cl)nn2)cnn1C. The molecule has 0 bridgehead atoms. The Bertz CT molecular complexity index is 1570. The number of anilines is 2. The molecule has 40 heavy (non-hydrogen) atoms. The molecule has 9 nitrogen and oxygen atoms in total. The summed E-state index contributed by atoms with van der Waals surface area (Å²) in [4.78, 5) is 16.7. The largest absolute Gasteiger partial charge is 0.419 e. The molecule has 210 valence electrons. The summed E-state index contributed by atoms with van der Waals surface area (Å²) in [6.45, 7) is 3.71. The maximum atomic E-state index is 15.0. The van der Waals surface area contributed by atoms with E-state index in [9.17, 15) is 18.0 Å². The summed E-state index contributed by atoms with van der Waals surface area (Å²) < 4.78 is 59.3. The van der Waals surface area contributed by atoms with E-state index in [2.05, 4.69) is 20.7 Å². The van der Waals surface area contributed by atoms with E-state index in [1.165, 1.54) is 28.9 Å². The van der Waals surface area contributed by atoms with Crippen molar-refractivity contribution in [2.24, 2.45) is 7.05 Å². The second kappa shape index (κ2) is 10.5. The van der Waals surface area contributed by atoms with Gasteiger partial charge in [0.05, 0.1) is 34.4 Å². The number of benzene rings is 2. The third-order valence-electron chi connectivity index (χ3n) is 6.92. The molecule has 5 rings (SSSR count). The number of likely N-dealkylation sites (N-methyl/N-ethyl adjacent to an activating group) is 1. The van der Waals surface area contributed by atoms with Gasteiger partial charge in [0.25, 0.3) is 5.91 Å². The summed E-state index contributed by atoms with van der Waals surface area (Å²) >= 11 is 6.38. The second-order valence-corrected chi connectivity index (χ2v) is 9.99. The Hall–Kier alpha value is -3.97. The first-order valence-corrected chi connectivity index (χ1v) is 12.7. The molecular formula is C26H25ClF4N8O. The van der Waals surface area contributed by atoms with Crippen LogP contribution in [0.4, 0.5) is 28.9 Å². The van der Waals surface area contributed by atoms with Crippen LogP contribution in [0.1, 0.15) is 21.6 Å². The van der Waals surface area contributed by atoms with E-state index in [0.29, 0.717) is 43.6 Å². The molecule has 14 heteroatoms. The van der Waals surface area contributed by atoms with Crippen LogP contribution in [0.5, 0.6) is 0 Å². The number of hydrogen-bond donors (Lipinski definition) is 1. The van der Waals surface area contributed by atoms with Crippen molar-refractivity contribution in [2.75, 3.05) is 43.4 Å². The topological polar surface area (TPSA) is 84.1 Å². The lowest BCUT2D eigenvalue weighted by molar-refractivity contribution is -0.139. The van der Waals surface area contributed by atoms with Gasteiger partial charge in [-0.25, -0.2) is 9.07 Å². The van der Waals surface area contributed by atoms with Gasteiger partial charge >= 0.3 is 6.18 Å². The number of amides is 1. The Morgan fingerprint density at radius 3 is 2.42 bits per heavy atom. The maximum Gasteiger partial charge on any atom is 0.419 e. The van der Waals surface area contributed by atoms with Crippen molar-refractivity contribution < 1.29 is 22.4 Å². The molecule has 0 atom stereocenters. The highest BCUT2D eigenvalue weighted by Crippen LogP contribution is 2.38. The lowest BCUT2D eigenvalue weighted by atomic mass is 10.1. The molecular weight excluding hydrogens is 552 g/mol. The van der Waals surface area contributed by atoms with Gasteiger partial charge < -0.3 is 15.1 Å². The third kappa shape index (κ3) is 5.39. The van der Waals surface area contributed by atoms with Gasteiger partial charge in [-0.1, -0.05) is 16.8 Å². The molecule has 3 heterocycles. The first-order valence-electron chi connectivity index (χ1n) is 12.3. The Morgan fingerprint density at radius 2 is 1.77 bits per heavy atom. The van der Waals surface area contributed by atoms with E-state index in [-0.39, 0.29) is 22.0 Å². The predicted molar refractivity (Wildman–Crippen MR) is 142 cm³/mol. The molecule has 1 amide bonds. The molecule has 1 fully saturated rings. The minimum absolute atomic E-state index is 0.105. The zero-order chi connectivity index (χ0) is 28.8. The first kappa shape index (κ1) is 27.6. The van der Waals surface area contributed by atoms with Gasteiger partial charge in [-0.15, -0.1) is 5.10 Å². The van der Waals surface area contributed by atoms with Gasteiger partial charge in [-0.05, 0) is 44.3 Å². The first-order chi connectivity index (χ1) is 18.9. The zero-order valence-corrected chi connectivity index (χ0v) is 22.6. The van der Waals surface area contributed by atoms with Crippen molar-refractivity contribution in [2.45, 2.75) is 13.1 Å². The Morgan fingerprint density at radius 1 is 1.05 bits per heavy atom. The van der Waals surface area contributed by atoms with Gasteiger partial charge in [-0.2, -0.15) is 18.3 Å². The van der Waals surface area contributed by atoms with Crippen molar-refractivity contribution >= 4 is 28.9 Å². The zero-order valence-electron chi connectivity index (χ0n) is 21.8. The Balaban J connectivity index is 1.44. The van der Waals surface area contributed by atoms with Crippen molar-refractivity contribution in [3.8, 4) is 16.9 Å². The fourth-order valence-corrected chi connectivity index (χ4v) is 4.66. The van der Waals surface area contributed by atoms with E-state index in [0.717, 1.165) is 11.3 Å². The molecule has 2 aromatic carbocycles. The standard InChI is InChI=1S/C26H25ClF4N8O/c1-15-18(13-32-37(15)3)21-14-39(35-34-21)22-10-16(4-5-20(22)27)25(40)33-17-11-19(26(29,30)31)24(28)23(12-17)38-8-6-36(2)7-9-38/h4-5,10-14H,6-9H2,1-3H3,(H,33,40). The number of alkyl halides is 3. The van der Waals surface area contributed by atoms with Gasteiger partial charge in [0.2, 0.25) is 0 Å². The molecule has 1 N–H and O–H groups in total. The molecule has 0 saturated carbocycles. The summed E-state index contributed by atoms with van der Waals surface area (Å²) in [5.74, 6) is -2.07. The number of carbonyl (C=O) groups is 1. The molecule has 0 spiro atoms. The third-order valence-corrected chi connectivity index (χ3v) is 7.24. The minimum atomic E-state index is -4.95. The molecule has 0 unspecified atom stereocenters. The van der Waals surface area contributed by atoms with Crippen LogP contribution >= 0.6 is 11.6 Å². The number of piperazine rings is 1. The molecule has 1 saturated heterocycles. The fraction of sp³-hybridized carbons (Fsp3) is 0.308. The molecule has 1 aliphatic rings. The maximum absolute atomic E-state index is 15.0. The second-order valence-electron chi connectivity index (χ2n) is 9.58. The number of hydrogen-bond acceptors (Lipinski definition) is 6. The minimum Gasteiger partial charge on any atom is -0.367 e. The van der Waals surface area contributed by atoms with Crippen LogP contribution in [0.15, 0.2) is 42.7 Å². The number of nitrogens with zero attached hydrogens (tertiary/aromatic N) is 7. The molecule has 0 radical (unpaired) electrons. The number of aromatic nitrogens is 5. The monoisotopic (exact) mass is 576 g/mol. The van der Waals surface area contributed by atoms with Crippen LogP contribution in [0.25, 0.3) is 16.9 Å². The van der Waals surface area contributed by atoms with Crippen LogP contribution in [0, 0.1) is 12.7 Å². The van der Waals surface area contributed by atoms with Gasteiger partial charge in [-0.3, -0.25) is 9.48 Å². The van der Waals surface area contributed by atoms with Crippen molar-refractivity contribution in [1.82, 2.24) is 29.7 Å². The average Bonchev–Trinajstić information content (AvgIpc) is 3.51. The average molecular weight is 577 g/mol. The number of halogens is 5. The molecule has 4 aromatic rings. The summed E-state index contributed by atoms with van der Waals surface area (Å²) in [7, 11) is 3.68. The van der Waals surface area contributed by atoms with Gasteiger partial charge in [0, 0.05) is 55.7 Å². The highest BCUT2D eigenvalue weighted by atomic mass is 35.5. The predicted octanol–water partition coefficient (Wildman–Crippen LogP) is 4.79. The van der Waals surface area contributed by atoms with Crippen LogP contribution < -0.4 is 10.2 Å². The Labute approximate surface area is 231 Å². The fourth-order valence-electron chi connectivity index (χ4n) is 4.45. The lowest BCUT2D eigenvalue weighted by Gasteiger charge is -2.34. The smallest absolute Gasteiger partial charge is 0.367 e. The van der Waals surface area contributed by atoms with Gasteiger partial charge in [0.15, 0.2) is 5.82 Å². The van der Waals surface area contributed by atoms with E-state index >= 15 is 4.39 Å². The normalized spacial score (nSPS) is 14.6. The molecule has 1 aliphatic heterocycles. The van der Waals surface area contributed by atoms with E-state index in [1.54, 1.807) is 29.0 Å². The molecule has 0 aliphatic carbocycles. The van der Waals surface area contributed by atoms with Crippen molar-refractivity contribution in [3.63, 3.8) is 0 Å². The van der Waals surface area contributed by atoms with Crippen molar-refractivity contribution in [1.29, 1.82) is 0 Å². The highest BCUT2D eigenvalue weighted by Gasteiger charge is 2.37. The Kier molecular flexibility index (Phi) is 7.27.